The number of rotatable bonds is 3. The Balaban J connectivity index is 2.39. The summed E-state index contributed by atoms with van der Waals surface area (Å²) in [6.45, 7) is -0.645. The number of hydrogen-bond acceptors (Lipinski definition) is 4. The molecule has 2 rings (SSSR count). The molecule has 0 unspecified atom stereocenters. The zero-order chi connectivity index (χ0) is 12.4. The highest BCUT2D eigenvalue weighted by molar-refractivity contribution is 5.58. The molecule has 1 aromatic carbocycles. The molecule has 90 valence electrons. The van der Waals surface area contributed by atoms with Gasteiger partial charge in [-0.15, -0.1) is 5.10 Å². The van der Waals surface area contributed by atoms with E-state index >= 15 is 0 Å². The summed E-state index contributed by atoms with van der Waals surface area (Å²) in [6.07, 6.45) is -2.59. The highest BCUT2D eigenvalue weighted by Crippen LogP contribution is 2.20. The second kappa shape index (κ2) is 4.40. The fourth-order valence-corrected chi connectivity index (χ4v) is 1.33. The molecule has 5 nitrogen and oxygen atoms in total. The Morgan fingerprint density at radius 2 is 2.12 bits per heavy atom. The van der Waals surface area contributed by atoms with Crippen molar-refractivity contribution in [3.63, 3.8) is 0 Å². The number of alkyl halides is 2. The number of nitrogen functional groups attached to an aromatic ring is 1. The topological polar surface area (TPSA) is 69.6 Å². The van der Waals surface area contributed by atoms with Gasteiger partial charge in [0.25, 0.3) is 6.43 Å². The summed E-state index contributed by atoms with van der Waals surface area (Å²) in [5.41, 5.74) is 5.57. The van der Waals surface area contributed by atoms with Gasteiger partial charge in [-0.1, -0.05) is 0 Å². The Hall–Kier alpha value is -2.12. The van der Waals surface area contributed by atoms with Gasteiger partial charge in [-0.3, -0.25) is 0 Å². The van der Waals surface area contributed by atoms with E-state index in [4.69, 9.17) is 5.73 Å². The summed E-state index contributed by atoms with van der Waals surface area (Å²) >= 11 is 0. The third-order valence-corrected chi connectivity index (χ3v) is 2.10. The van der Waals surface area contributed by atoms with Gasteiger partial charge in [-0.2, -0.15) is 0 Å². The van der Waals surface area contributed by atoms with Crippen LogP contribution in [0, 0.1) is 5.82 Å². The number of benzene rings is 1. The van der Waals surface area contributed by atoms with Crippen LogP contribution in [0.2, 0.25) is 0 Å². The van der Waals surface area contributed by atoms with Gasteiger partial charge >= 0.3 is 0 Å². The average molecular weight is 243 g/mol. The molecule has 0 bridgehead atoms. The number of hydrogen-bond donors (Lipinski definition) is 1. The molecule has 0 aliphatic rings. The number of halogens is 3. The summed E-state index contributed by atoms with van der Waals surface area (Å²) in [5, 5.41) is 10.3. The number of anilines is 1. The molecule has 2 aromatic rings. The van der Waals surface area contributed by atoms with Gasteiger partial charge < -0.3 is 5.73 Å². The monoisotopic (exact) mass is 243 g/mol. The Kier molecular flexibility index (Phi) is 2.94. The SMILES string of the molecule is Nc1ccc(-c2nnnn2CC(F)F)cc1F. The maximum atomic E-state index is 13.2. The molecule has 8 heteroatoms. The zero-order valence-corrected chi connectivity index (χ0v) is 8.52. The predicted octanol–water partition coefficient (Wildman–Crippen LogP) is 1.33. The second-order valence-corrected chi connectivity index (χ2v) is 3.31. The average Bonchev–Trinajstić information content (AvgIpc) is 2.69. The minimum Gasteiger partial charge on any atom is -0.396 e. The lowest BCUT2D eigenvalue weighted by Gasteiger charge is -2.04. The van der Waals surface area contributed by atoms with Crippen LogP contribution in [0.15, 0.2) is 18.2 Å². The lowest BCUT2D eigenvalue weighted by molar-refractivity contribution is 0.121. The Morgan fingerprint density at radius 1 is 1.35 bits per heavy atom. The van der Waals surface area contributed by atoms with Gasteiger partial charge in [0.1, 0.15) is 12.4 Å². The number of nitrogens with zero attached hydrogens (tertiary/aromatic N) is 4. The third kappa shape index (κ3) is 2.35. The standard InChI is InChI=1S/C9H8F3N5/c10-6-3-5(1-2-7(6)13)9-14-15-16-17(9)4-8(11)12/h1-3,8H,4,13H2. The Morgan fingerprint density at radius 3 is 2.76 bits per heavy atom. The summed E-state index contributed by atoms with van der Waals surface area (Å²) < 4.78 is 38.6. The summed E-state index contributed by atoms with van der Waals surface area (Å²) in [7, 11) is 0. The van der Waals surface area contributed by atoms with Crippen molar-refractivity contribution < 1.29 is 13.2 Å². The van der Waals surface area contributed by atoms with Gasteiger partial charge in [0, 0.05) is 5.56 Å². The van der Waals surface area contributed by atoms with E-state index in [9.17, 15) is 13.2 Å². The van der Waals surface area contributed by atoms with Gasteiger partial charge in [0.2, 0.25) is 0 Å². The maximum Gasteiger partial charge on any atom is 0.258 e. The van der Waals surface area contributed by atoms with Crippen molar-refractivity contribution in [2.45, 2.75) is 13.0 Å². The lowest BCUT2D eigenvalue weighted by Crippen LogP contribution is -2.10. The normalized spacial score (nSPS) is 11.1. The van der Waals surface area contributed by atoms with E-state index in [2.05, 4.69) is 15.5 Å². The molecule has 0 radical (unpaired) electrons. The predicted molar refractivity (Wildman–Crippen MR) is 53.6 cm³/mol. The molecule has 0 amide bonds. The summed E-state index contributed by atoms with van der Waals surface area (Å²) in [4.78, 5) is 0. The molecule has 1 aromatic heterocycles. The molecule has 0 saturated carbocycles. The first-order valence-corrected chi connectivity index (χ1v) is 4.67. The maximum absolute atomic E-state index is 13.2. The van der Waals surface area contributed by atoms with E-state index in [0.717, 1.165) is 10.7 Å². The molecular formula is C9H8F3N5. The van der Waals surface area contributed by atoms with Crippen molar-refractivity contribution >= 4 is 5.69 Å². The van der Waals surface area contributed by atoms with E-state index in [1.165, 1.54) is 12.1 Å². The first kappa shape index (κ1) is 11.4. The third-order valence-electron chi connectivity index (χ3n) is 2.10. The molecular weight excluding hydrogens is 235 g/mol. The van der Waals surface area contributed by atoms with Crippen molar-refractivity contribution in [3.05, 3.63) is 24.0 Å². The van der Waals surface area contributed by atoms with Crippen molar-refractivity contribution in [1.82, 2.24) is 20.2 Å². The number of nitrogens with two attached hydrogens (primary N) is 1. The molecule has 0 fully saturated rings. The molecule has 0 saturated heterocycles. The van der Waals surface area contributed by atoms with Gasteiger partial charge in [0.15, 0.2) is 5.82 Å². The van der Waals surface area contributed by atoms with Crippen LogP contribution in [0.1, 0.15) is 0 Å². The van der Waals surface area contributed by atoms with Gasteiger partial charge in [0.05, 0.1) is 5.69 Å². The quantitative estimate of drug-likeness (QED) is 0.825. The molecule has 0 spiro atoms. The summed E-state index contributed by atoms with van der Waals surface area (Å²) in [6, 6.07) is 3.89. The van der Waals surface area contributed by atoms with Crippen LogP contribution in [0.25, 0.3) is 11.4 Å². The minimum atomic E-state index is -2.59. The molecule has 0 aliphatic carbocycles. The lowest BCUT2D eigenvalue weighted by atomic mass is 10.2. The highest BCUT2D eigenvalue weighted by Gasteiger charge is 2.14. The largest absolute Gasteiger partial charge is 0.396 e. The van der Waals surface area contributed by atoms with Crippen LogP contribution in [-0.4, -0.2) is 26.6 Å². The van der Waals surface area contributed by atoms with Gasteiger partial charge in [-0.05, 0) is 28.6 Å². The zero-order valence-electron chi connectivity index (χ0n) is 8.52. The van der Waals surface area contributed by atoms with Crippen LogP contribution in [-0.2, 0) is 6.54 Å². The highest BCUT2D eigenvalue weighted by atomic mass is 19.3. The van der Waals surface area contributed by atoms with E-state index in [0.29, 0.717) is 5.56 Å². The molecule has 2 N–H and O–H groups in total. The van der Waals surface area contributed by atoms with Crippen LogP contribution in [0.3, 0.4) is 0 Å². The van der Waals surface area contributed by atoms with Crippen molar-refractivity contribution in [2.24, 2.45) is 0 Å². The van der Waals surface area contributed by atoms with Gasteiger partial charge in [-0.25, -0.2) is 17.9 Å². The van der Waals surface area contributed by atoms with E-state index in [-0.39, 0.29) is 11.5 Å². The first-order valence-electron chi connectivity index (χ1n) is 4.67. The van der Waals surface area contributed by atoms with Crippen LogP contribution in [0.5, 0.6) is 0 Å². The molecule has 0 aliphatic heterocycles. The summed E-state index contributed by atoms with van der Waals surface area (Å²) in [5.74, 6) is -0.571. The number of tetrazole rings is 1. The van der Waals surface area contributed by atoms with E-state index < -0.39 is 18.8 Å². The van der Waals surface area contributed by atoms with E-state index in [1.54, 1.807) is 0 Å². The van der Waals surface area contributed by atoms with Crippen LogP contribution >= 0.6 is 0 Å². The van der Waals surface area contributed by atoms with Crippen molar-refractivity contribution in [2.75, 3.05) is 5.73 Å². The van der Waals surface area contributed by atoms with Crippen molar-refractivity contribution in [3.8, 4) is 11.4 Å². The Bertz CT molecular complexity index is 525. The second-order valence-electron chi connectivity index (χ2n) is 3.31. The fraction of sp³-hybridized carbons (Fsp3) is 0.222. The smallest absolute Gasteiger partial charge is 0.258 e. The van der Waals surface area contributed by atoms with Crippen molar-refractivity contribution in [1.29, 1.82) is 0 Å². The molecule has 1 heterocycles. The number of aromatic nitrogens is 4. The van der Waals surface area contributed by atoms with E-state index in [1.807, 2.05) is 0 Å². The molecule has 0 atom stereocenters. The van der Waals surface area contributed by atoms with Crippen LogP contribution in [0.4, 0.5) is 18.9 Å². The van der Waals surface area contributed by atoms with Crippen LogP contribution < -0.4 is 5.73 Å². The first-order chi connectivity index (χ1) is 8.08. The minimum absolute atomic E-state index is 0.0263. The fourth-order valence-electron chi connectivity index (χ4n) is 1.33. The Labute approximate surface area is 94.0 Å². The molecule has 17 heavy (non-hydrogen) atoms.